The zero-order valence-electron chi connectivity index (χ0n) is 23.9. The zero-order valence-corrected chi connectivity index (χ0v) is 24.8. The lowest BCUT2D eigenvalue weighted by molar-refractivity contribution is -0.139. The summed E-state index contributed by atoms with van der Waals surface area (Å²) >= 11 is 1.26. The maximum Gasteiger partial charge on any atom is 0.338 e. The molecular formula is C30H35N3O6S. The summed E-state index contributed by atoms with van der Waals surface area (Å²) in [6, 6.07) is 10.5. The van der Waals surface area contributed by atoms with E-state index >= 15 is 0 Å². The van der Waals surface area contributed by atoms with Gasteiger partial charge in [0.05, 0.1) is 49.8 Å². The van der Waals surface area contributed by atoms with E-state index < -0.39 is 12.0 Å². The van der Waals surface area contributed by atoms with Crippen molar-refractivity contribution in [3.8, 4) is 17.2 Å². The average Bonchev–Trinajstić information content (AvgIpc) is 3.27. The Morgan fingerprint density at radius 2 is 1.70 bits per heavy atom. The Bertz CT molecular complexity index is 1620. The first-order valence-corrected chi connectivity index (χ1v) is 14.0. The Morgan fingerprint density at radius 1 is 1.00 bits per heavy atom. The number of hydrogen-bond acceptors (Lipinski definition) is 9. The molecule has 10 heteroatoms. The fourth-order valence-electron chi connectivity index (χ4n) is 4.88. The second-order valence-corrected chi connectivity index (χ2v) is 10.0. The van der Waals surface area contributed by atoms with Crippen LogP contribution in [-0.4, -0.2) is 51.6 Å². The largest absolute Gasteiger partial charge is 0.496 e. The Balaban J connectivity index is 1.93. The molecular weight excluding hydrogens is 530 g/mol. The molecule has 0 N–H and O–H groups in total. The number of aromatic nitrogens is 1. The van der Waals surface area contributed by atoms with Crippen molar-refractivity contribution in [2.24, 2.45) is 4.99 Å². The van der Waals surface area contributed by atoms with Crippen LogP contribution in [0, 0.1) is 0 Å². The SMILES string of the molecule is CCOC(=O)C1=C(C)N=c2s/c(=C\c3ccc(N(CC)CC)cc3OC)c(=O)n2[C@@H]1c1ccc(OC)c(OC)c1. The van der Waals surface area contributed by atoms with Gasteiger partial charge in [0.25, 0.3) is 5.56 Å². The van der Waals surface area contributed by atoms with E-state index in [0.717, 1.165) is 24.3 Å². The van der Waals surface area contributed by atoms with E-state index in [4.69, 9.17) is 18.9 Å². The summed E-state index contributed by atoms with van der Waals surface area (Å²) in [7, 11) is 4.71. The van der Waals surface area contributed by atoms with Crippen molar-refractivity contribution in [2.45, 2.75) is 33.7 Å². The molecule has 1 aromatic heterocycles. The van der Waals surface area contributed by atoms with Crippen molar-refractivity contribution in [1.82, 2.24) is 4.57 Å². The molecule has 0 unspecified atom stereocenters. The van der Waals surface area contributed by atoms with Crippen molar-refractivity contribution in [1.29, 1.82) is 0 Å². The molecule has 212 valence electrons. The van der Waals surface area contributed by atoms with Gasteiger partial charge < -0.3 is 23.8 Å². The number of benzene rings is 2. The van der Waals surface area contributed by atoms with E-state index in [0.29, 0.717) is 43.4 Å². The highest BCUT2D eigenvalue weighted by molar-refractivity contribution is 7.07. The molecule has 0 amide bonds. The van der Waals surface area contributed by atoms with Crippen LogP contribution in [0.4, 0.5) is 5.69 Å². The summed E-state index contributed by atoms with van der Waals surface area (Å²) in [6.45, 7) is 9.64. The maximum absolute atomic E-state index is 14.0. The number of nitrogens with zero attached hydrogens (tertiary/aromatic N) is 3. The number of allylic oxidation sites excluding steroid dienone is 1. The van der Waals surface area contributed by atoms with Crippen molar-refractivity contribution in [3.05, 3.63) is 78.5 Å². The summed E-state index contributed by atoms with van der Waals surface area (Å²) in [5.74, 6) is 1.16. The van der Waals surface area contributed by atoms with E-state index in [1.165, 1.54) is 11.3 Å². The lowest BCUT2D eigenvalue weighted by Crippen LogP contribution is -2.40. The van der Waals surface area contributed by atoms with Gasteiger partial charge in [0.1, 0.15) is 5.75 Å². The van der Waals surface area contributed by atoms with E-state index in [-0.39, 0.29) is 12.2 Å². The molecule has 1 aliphatic heterocycles. The topological polar surface area (TPSA) is 91.6 Å². The fraction of sp³-hybridized carbons (Fsp3) is 0.367. The molecule has 0 fully saturated rings. The van der Waals surface area contributed by atoms with E-state index in [9.17, 15) is 9.59 Å². The molecule has 0 bridgehead atoms. The summed E-state index contributed by atoms with van der Waals surface area (Å²) in [5.41, 5.74) is 3.01. The van der Waals surface area contributed by atoms with Gasteiger partial charge in [0.2, 0.25) is 0 Å². The highest BCUT2D eigenvalue weighted by Gasteiger charge is 2.34. The molecule has 40 heavy (non-hydrogen) atoms. The van der Waals surface area contributed by atoms with Crippen LogP contribution in [0.3, 0.4) is 0 Å². The lowest BCUT2D eigenvalue weighted by atomic mass is 9.95. The van der Waals surface area contributed by atoms with Gasteiger partial charge in [0, 0.05) is 30.4 Å². The molecule has 9 nitrogen and oxygen atoms in total. The number of ether oxygens (including phenoxy) is 4. The Hall–Kier alpha value is -4.05. The van der Waals surface area contributed by atoms with Gasteiger partial charge in [-0.3, -0.25) is 9.36 Å². The van der Waals surface area contributed by atoms with Crippen LogP contribution in [0.5, 0.6) is 17.2 Å². The van der Waals surface area contributed by atoms with E-state index in [2.05, 4.69) is 23.7 Å². The molecule has 0 saturated carbocycles. The van der Waals surface area contributed by atoms with Crippen LogP contribution in [0.1, 0.15) is 44.9 Å². The normalized spacial score (nSPS) is 14.9. The number of fused-ring (bicyclic) bond motifs is 1. The number of carbonyl (C=O) groups is 1. The molecule has 0 aliphatic carbocycles. The van der Waals surface area contributed by atoms with Crippen LogP contribution in [0.25, 0.3) is 6.08 Å². The van der Waals surface area contributed by atoms with Crippen molar-refractivity contribution in [3.63, 3.8) is 0 Å². The first-order chi connectivity index (χ1) is 19.3. The molecule has 0 radical (unpaired) electrons. The quantitative estimate of drug-likeness (QED) is 0.347. The van der Waals surface area contributed by atoms with Gasteiger partial charge in [-0.2, -0.15) is 0 Å². The summed E-state index contributed by atoms with van der Waals surface area (Å²) in [4.78, 5) is 34.5. The molecule has 0 spiro atoms. The molecule has 2 aromatic carbocycles. The minimum Gasteiger partial charge on any atom is -0.496 e. The van der Waals surface area contributed by atoms with Gasteiger partial charge in [-0.25, -0.2) is 9.79 Å². The summed E-state index contributed by atoms with van der Waals surface area (Å²) in [5, 5.41) is 0. The van der Waals surface area contributed by atoms with Gasteiger partial charge in [-0.05, 0) is 63.6 Å². The molecule has 3 aromatic rings. The van der Waals surface area contributed by atoms with Crippen LogP contribution in [0.2, 0.25) is 0 Å². The Labute approximate surface area is 237 Å². The number of thiazole rings is 1. The van der Waals surface area contributed by atoms with Crippen LogP contribution in [0.15, 0.2) is 57.5 Å². The minimum atomic E-state index is -0.760. The molecule has 2 heterocycles. The predicted octanol–water partition coefficient (Wildman–Crippen LogP) is 3.67. The van der Waals surface area contributed by atoms with E-state index in [1.54, 1.807) is 51.9 Å². The lowest BCUT2D eigenvalue weighted by Gasteiger charge is -2.25. The van der Waals surface area contributed by atoms with E-state index in [1.807, 2.05) is 30.3 Å². The second kappa shape index (κ2) is 12.4. The summed E-state index contributed by atoms with van der Waals surface area (Å²) < 4.78 is 24.0. The van der Waals surface area contributed by atoms with Crippen molar-refractivity contribution in [2.75, 3.05) is 45.9 Å². The first-order valence-electron chi connectivity index (χ1n) is 13.2. The number of methoxy groups -OCH3 is 3. The third-order valence-corrected chi connectivity index (χ3v) is 7.86. The second-order valence-electron chi connectivity index (χ2n) is 9.02. The van der Waals surface area contributed by atoms with Crippen molar-refractivity contribution < 1.29 is 23.7 Å². The molecule has 1 aliphatic rings. The maximum atomic E-state index is 14.0. The Kier molecular flexibility index (Phi) is 8.99. The third kappa shape index (κ3) is 5.36. The number of carbonyl (C=O) groups excluding carboxylic acids is 1. The first kappa shape index (κ1) is 28.9. The number of rotatable bonds is 10. The monoisotopic (exact) mass is 565 g/mol. The van der Waals surface area contributed by atoms with Gasteiger partial charge >= 0.3 is 5.97 Å². The van der Waals surface area contributed by atoms with Crippen LogP contribution in [-0.2, 0) is 9.53 Å². The van der Waals surface area contributed by atoms with Crippen molar-refractivity contribution >= 4 is 29.1 Å². The summed E-state index contributed by atoms with van der Waals surface area (Å²) in [6.07, 6.45) is 1.81. The zero-order chi connectivity index (χ0) is 29.0. The molecule has 0 saturated heterocycles. The van der Waals surface area contributed by atoms with Crippen LogP contribution >= 0.6 is 11.3 Å². The smallest absolute Gasteiger partial charge is 0.338 e. The van der Waals surface area contributed by atoms with Crippen LogP contribution < -0.4 is 34.0 Å². The highest BCUT2D eigenvalue weighted by Crippen LogP contribution is 2.36. The number of anilines is 1. The minimum absolute atomic E-state index is 0.196. The fourth-order valence-corrected chi connectivity index (χ4v) is 5.91. The van der Waals surface area contributed by atoms with Gasteiger partial charge in [0.15, 0.2) is 16.3 Å². The average molecular weight is 566 g/mol. The predicted molar refractivity (Wildman–Crippen MR) is 156 cm³/mol. The third-order valence-electron chi connectivity index (χ3n) is 6.87. The number of esters is 1. The van der Waals surface area contributed by atoms with Gasteiger partial charge in [-0.1, -0.05) is 17.4 Å². The highest BCUT2D eigenvalue weighted by atomic mass is 32.1. The molecule has 1 atom stereocenters. The van der Waals surface area contributed by atoms with Gasteiger partial charge in [-0.15, -0.1) is 0 Å². The standard InChI is InChI=1S/C30H35N3O6S/c1-8-32(9-2)21-13-11-19(23(17-21)37-6)16-25-28(34)33-27(20-12-14-22(36-5)24(15-20)38-7)26(29(35)39-10-3)18(4)31-30(33)40-25/h11-17,27H,8-10H2,1-7H3/b25-16-/t27-/m1/s1. The molecule has 4 rings (SSSR count). The number of hydrogen-bond donors (Lipinski definition) is 0. The Morgan fingerprint density at radius 3 is 2.33 bits per heavy atom.